The summed E-state index contributed by atoms with van der Waals surface area (Å²) in [6.07, 6.45) is 4.44. The Kier molecular flexibility index (Phi) is 5.41. The van der Waals surface area contributed by atoms with Gasteiger partial charge in [-0.3, -0.25) is 0 Å². The third-order valence-electron chi connectivity index (χ3n) is 4.46. The van der Waals surface area contributed by atoms with Gasteiger partial charge in [-0.25, -0.2) is 4.39 Å². The van der Waals surface area contributed by atoms with Crippen molar-refractivity contribution in [2.75, 3.05) is 24.5 Å². The van der Waals surface area contributed by atoms with Crippen LogP contribution in [0.4, 0.5) is 10.1 Å². The van der Waals surface area contributed by atoms with Crippen LogP contribution in [-0.2, 0) is 6.42 Å². The van der Waals surface area contributed by atoms with Crippen molar-refractivity contribution in [3.8, 4) is 0 Å². The number of hydrogen-bond donors (Lipinski definition) is 1. The zero-order valence-corrected chi connectivity index (χ0v) is 12.7. The van der Waals surface area contributed by atoms with E-state index in [1.54, 1.807) is 12.1 Å². The maximum Gasteiger partial charge on any atom is 0.125 e. The van der Waals surface area contributed by atoms with E-state index in [9.17, 15) is 4.39 Å². The van der Waals surface area contributed by atoms with Crippen LogP contribution in [0.1, 0.15) is 38.7 Å². The fourth-order valence-electron chi connectivity index (χ4n) is 3.17. The molecule has 1 aromatic rings. The average Bonchev–Trinajstić information content (AvgIpc) is 2.64. The summed E-state index contributed by atoms with van der Waals surface area (Å²) in [4.78, 5) is 2.34. The number of rotatable bonds is 4. The predicted molar refractivity (Wildman–Crippen MR) is 83.6 cm³/mol. The highest BCUT2D eigenvalue weighted by Crippen LogP contribution is 2.28. The molecule has 20 heavy (non-hydrogen) atoms. The number of hydrogen-bond acceptors (Lipinski definition) is 2. The smallest absolute Gasteiger partial charge is 0.125 e. The molecule has 1 aliphatic rings. The largest absolute Gasteiger partial charge is 0.371 e. The molecule has 112 valence electrons. The molecule has 0 aromatic heterocycles. The van der Waals surface area contributed by atoms with Crippen molar-refractivity contribution in [1.82, 2.24) is 0 Å². The van der Waals surface area contributed by atoms with Crippen molar-refractivity contribution in [3.63, 3.8) is 0 Å². The number of anilines is 1. The molecular formula is C17H27FN2. The lowest BCUT2D eigenvalue weighted by Gasteiger charge is -2.24. The van der Waals surface area contributed by atoms with Gasteiger partial charge in [0.15, 0.2) is 0 Å². The van der Waals surface area contributed by atoms with Crippen LogP contribution in [0.2, 0.25) is 0 Å². The van der Waals surface area contributed by atoms with E-state index in [1.165, 1.54) is 19.3 Å². The van der Waals surface area contributed by atoms with Crippen molar-refractivity contribution >= 4 is 5.69 Å². The molecule has 2 nitrogen and oxygen atoms in total. The highest BCUT2D eigenvalue weighted by atomic mass is 19.1. The summed E-state index contributed by atoms with van der Waals surface area (Å²) < 4.78 is 13.7. The Morgan fingerprint density at radius 1 is 1.25 bits per heavy atom. The molecule has 0 amide bonds. The minimum absolute atomic E-state index is 0.143. The maximum atomic E-state index is 13.7. The summed E-state index contributed by atoms with van der Waals surface area (Å²) >= 11 is 0. The zero-order valence-electron chi connectivity index (χ0n) is 12.7. The molecule has 0 radical (unpaired) electrons. The van der Waals surface area contributed by atoms with E-state index in [0.717, 1.165) is 42.6 Å². The molecule has 2 N–H and O–H groups in total. The molecule has 1 fully saturated rings. The first-order valence-corrected chi connectivity index (χ1v) is 7.84. The monoisotopic (exact) mass is 278 g/mol. The van der Waals surface area contributed by atoms with E-state index in [1.807, 2.05) is 0 Å². The molecule has 0 saturated carbocycles. The van der Waals surface area contributed by atoms with E-state index >= 15 is 0 Å². The SMILES string of the molecule is CC(C)C1CCCN(c2cc(F)cc(CCN)c2)CC1. The van der Waals surface area contributed by atoms with Gasteiger partial charge >= 0.3 is 0 Å². The maximum absolute atomic E-state index is 13.7. The third kappa shape index (κ3) is 3.95. The fourth-order valence-corrected chi connectivity index (χ4v) is 3.17. The summed E-state index contributed by atoms with van der Waals surface area (Å²) in [7, 11) is 0. The van der Waals surface area contributed by atoms with Crippen molar-refractivity contribution in [2.24, 2.45) is 17.6 Å². The van der Waals surface area contributed by atoms with Crippen molar-refractivity contribution in [3.05, 3.63) is 29.6 Å². The Bertz CT molecular complexity index is 431. The van der Waals surface area contributed by atoms with Crippen LogP contribution >= 0.6 is 0 Å². The highest BCUT2D eigenvalue weighted by Gasteiger charge is 2.20. The number of halogens is 1. The van der Waals surface area contributed by atoms with Gasteiger partial charge in [-0.15, -0.1) is 0 Å². The summed E-state index contributed by atoms with van der Waals surface area (Å²) in [6, 6.07) is 5.37. The van der Waals surface area contributed by atoms with Crippen molar-refractivity contribution < 1.29 is 4.39 Å². The molecule has 1 heterocycles. The van der Waals surface area contributed by atoms with Crippen LogP contribution in [0.15, 0.2) is 18.2 Å². The van der Waals surface area contributed by atoms with E-state index in [-0.39, 0.29) is 5.82 Å². The fraction of sp³-hybridized carbons (Fsp3) is 0.647. The Labute approximate surface area is 122 Å². The van der Waals surface area contributed by atoms with E-state index in [2.05, 4.69) is 24.8 Å². The molecule has 2 rings (SSSR count). The second-order valence-electron chi connectivity index (χ2n) is 6.28. The first-order chi connectivity index (χ1) is 9.60. The Hall–Kier alpha value is -1.09. The van der Waals surface area contributed by atoms with Crippen LogP contribution in [0.5, 0.6) is 0 Å². The quantitative estimate of drug-likeness (QED) is 0.912. The van der Waals surface area contributed by atoms with Gasteiger partial charge in [0, 0.05) is 18.8 Å². The normalized spacial score (nSPS) is 20.2. The van der Waals surface area contributed by atoms with Crippen LogP contribution in [-0.4, -0.2) is 19.6 Å². The Morgan fingerprint density at radius 3 is 2.75 bits per heavy atom. The van der Waals surface area contributed by atoms with Gasteiger partial charge in [0.1, 0.15) is 5.82 Å². The number of nitrogens with two attached hydrogens (primary N) is 1. The molecular weight excluding hydrogens is 251 g/mol. The second kappa shape index (κ2) is 7.07. The predicted octanol–water partition coefficient (Wildman–Crippen LogP) is 3.59. The average molecular weight is 278 g/mol. The van der Waals surface area contributed by atoms with E-state index < -0.39 is 0 Å². The first kappa shape index (κ1) is 15.3. The minimum atomic E-state index is -0.143. The topological polar surface area (TPSA) is 29.3 Å². The standard InChI is InChI=1S/C17H27FN2/c1-13(2)15-4-3-8-20(9-6-15)17-11-14(5-7-19)10-16(18)12-17/h10-13,15H,3-9,19H2,1-2H3. The molecule has 0 aliphatic carbocycles. The molecule has 1 aliphatic heterocycles. The third-order valence-corrected chi connectivity index (χ3v) is 4.46. The summed E-state index contributed by atoms with van der Waals surface area (Å²) in [6.45, 7) is 7.26. The van der Waals surface area contributed by atoms with Gasteiger partial charge in [0.05, 0.1) is 0 Å². The van der Waals surface area contributed by atoms with Gasteiger partial charge in [-0.05, 0) is 67.8 Å². The molecule has 1 aromatic carbocycles. The van der Waals surface area contributed by atoms with Crippen molar-refractivity contribution in [2.45, 2.75) is 39.5 Å². The summed E-state index contributed by atoms with van der Waals surface area (Å²) in [5.74, 6) is 1.41. The van der Waals surface area contributed by atoms with Gasteiger partial charge < -0.3 is 10.6 Å². The number of benzene rings is 1. The van der Waals surface area contributed by atoms with Crippen LogP contribution < -0.4 is 10.6 Å². The molecule has 1 unspecified atom stereocenters. The zero-order chi connectivity index (χ0) is 14.5. The van der Waals surface area contributed by atoms with E-state index in [0.29, 0.717) is 6.54 Å². The molecule has 3 heteroatoms. The van der Waals surface area contributed by atoms with E-state index in [4.69, 9.17) is 5.73 Å². The van der Waals surface area contributed by atoms with Crippen LogP contribution in [0, 0.1) is 17.7 Å². The first-order valence-electron chi connectivity index (χ1n) is 7.84. The minimum Gasteiger partial charge on any atom is -0.371 e. The second-order valence-corrected chi connectivity index (χ2v) is 6.28. The van der Waals surface area contributed by atoms with Crippen LogP contribution in [0.25, 0.3) is 0 Å². The Morgan fingerprint density at radius 2 is 2.05 bits per heavy atom. The molecule has 1 atom stereocenters. The van der Waals surface area contributed by atoms with Gasteiger partial charge in [-0.2, -0.15) is 0 Å². The number of nitrogens with zero attached hydrogens (tertiary/aromatic N) is 1. The molecule has 1 saturated heterocycles. The molecule has 0 bridgehead atoms. The lowest BCUT2D eigenvalue weighted by Crippen LogP contribution is -2.24. The Balaban J connectivity index is 2.11. The summed E-state index contributed by atoms with van der Waals surface area (Å²) in [5.41, 5.74) is 7.61. The molecule has 0 spiro atoms. The highest BCUT2D eigenvalue weighted by molar-refractivity contribution is 5.49. The van der Waals surface area contributed by atoms with Gasteiger partial charge in [0.2, 0.25) is 0 Å². The van der Waals surface area contributed by atoms with Crippen molar-refractivity contribution in [1.29, 1.82) is 0 Å². The summed E-state index contributed by atoms with van der Waals surface area (Å²) in [5, 5.41) is 0. The lowest BCUT2D eigenvalue weighted by atomic mass is 9.89. The lowest BCUT2D eigenvalue weighted by molar-refractivity contribution is 0.351. The van der Waals surface area contributed by atoms with Gasteiger partial charge in [0.25, 0.3) is 0 Å². The van der Waals surface area contributed by atoms with Gasteiger partial charge in [-0.1, -0.05) is 13.8 Å². The van der Waals surface area contributed by atoms with Crippen LogP contribution in [0.3, 0.4) is 0 Å².